The molecule has 0 spiro atoms. The van der Waals surface area contributed by atoms with Gasteiger partial charge in [0.25, 0.3) is 0 Å². The van der Waals surface area contributed by atoms with Crippen LogP contribution >= 0.6 is 0 Å². The van der Waals surface area contributed by atoms with Gasteiger partial charge in [0.1, 0.15) is 0 Å². The molecule has 3 unspecified atom stereocenters. The molecule has 0 aromatic heterocycles. The van der Waals surface area contributed by atoms with E-state index in [2.05, 4.69) is 5.32 Å². The SMILES string of the molecule is CC(C)C(Cc1cccc(CC(C(=O)O)C2CCNC2)c1)C(F)(F)F. The lowest BCUT2D eigenvalue weighted by Crippen LogP contribution is -2.29. The van der Waals surface area contributed by atoms with Crippen LogP contribution in [0.25, 0.3) is 0 Å². The number of aliphatic carboxylic acids is 1. The largest absolute Gasteiger partial charge is 0.481 e. The van der Waals surface area contributed by atoms with Crippen molar-refractivity contribution in [3.05, 3.63) is 35.4 Å². The van der Waals surface area contributed by atoms with Crippen molar-refractivity contribution in [2.24, 2.45) is 23.7 Å². The molecule has 1 aliphatic heterocycles. The standard InChI is InChI=1S/C19H26F3NO2/c1-12(2)17(19(20,21)22)10-14-5-3-4-13(8-14)9-16(18(24)25)15-6-7-23-11-15/h3-5,8,12,15-17,23H,6-7,9-11H2,1-2H3,(H,24,25). The molecule has 1 saturated heterocycles. The summed E-state index contributed by atoms with van der Waals surface area (Å²) in [5.41, 5.74) is 1.41. The maximum Gasteiger partial charge on any atom is 0.392 e. The number of rotatable bonds is 7. The van der Waals surface area contributed by atoms with Crippen LogP contribution in [0.5, 0.6) is 0 Å². The van der Waals surface area contributed by atoms with Crippen molar-refractivity contribution >= 4 is 5.97 Å². The van der Waals surface area contributed by atoms with Gasteiger partial charge in [0, 0.05) is 0 Å². The topological polar surface area (TPSA) is 49.3 Å². The Morgan fingerprint density at radius 2 is 1.92 bits per heavy atom. The minimum Gasteiger partial charge on any atom is -0.481 e. The quantitative estimate of drug-likeness (QED) is 0.778. The number of hydrogen-bond donors (Lipinski definition) is 2. The third kappa shape index (κ3) is 5.46. The molecular formula is C19H26F3NO2. The number of benzene rings is 1. The van der Waals surface area contributed by atoms with Crippen molar-refractivity contribution < 1.29 is 23.1 Å². The van der Waals surface area contributed by atoms with Gasteiger partial charge in [-0.05, 0) is 55.3 Å². The highest BCUT2D eigenvalue weighted by atomic mass is 19.4. The fraction of sp³-hybridized carbons (Fsp3) is 0.632. The molecule has 0 saturated carbocycles. The van der Waals surface area contributed by atoms with E-state index in [1.165, 1.54) is 0 Å². The maximum atomic E-state index is 13.2. The molecule has 0 aliphatic carbocycles. The predicted octanol–water partition coefficient (Wildman–Crippen LogP) is 3.92. The van der Waals surface area contributed by atoms with Crippen LogP contribution in [0, 0.1) is 23.7 Å². The number of carbonyl (C=O) groups is 1. The molecule has 25 heavy (non-hydrogen) atoms. The van der Waals surface area contributed by atoms with Crippen molar-refractivity contribution in [3.8, 4) is 0 Å². The number of carboxylic acids is 1. The first-order chi connectivity index (χ1) is 11.7. The van der Waals surface area contributed by atoms with E-state index in [0.717, 1.165) is 18.5 Å². The average molecular weight is 357 g/mol. The molecule has 1 aromatic rings. The van der Waals surface area contributed by atoms with E-state index >= 15 is 0 Å². The molecule has 3 atom stereocenters. The van der Waals surface area contributed by atoms with Crippen LogP contribution in [0.2, 0.25) is 0 Å². The summed E-state index contributed by atoms with van der Waals surface area (Å²) < 4.78 is 39.6. The predicted molar refractivity (Wildman–Crippen MR) is 90.3 cm³/mol. The smallest absolute Gasteiger partial charge is 0.392 e. The highest BCUT2D eigenvalue weighted by Gasteiger charge is 2.41. The van der Waals surface area contributed by atoms with E-state index < -0.39 is 29.9 Å². The van der Waals surface area contributed by atoms with Gasteiger partial charge in [-0.2, -0.15) is 13.2 Å². The molecule has 3 nitrogen and oxygen atoms in total. The van der Waals surface area contributed by atoms with Crippen LogP contribution in [-0.4, -0.2) is 30.3 Å². The zero-order valence-electron chi connectivity index (χ0n) is 14.6. The normalized spacial score (nSPS) is 20.6. The number of hydrogen-bond acceptors (Lipinski definition) is 2. The van der Waals surface area contributed by atoms with Crippen molar-refractivity contribution in [1.82, 2.24) is 5.32 Å². The number of alkyl halides is 3. The van der Waals surface area contributed by atoms with E-state index in [1.54, 1.807) is 38.1 Å². The van der Waals surface area contributed by atoms with Crippen LogP contribution in [0.15, 0.2) is 24.3 Å². The average Bonchev–Trinajstić information content (AvgIpc) is 3.03. The summed E-state index contributed by atoms with van der Waals surface area (Å²) in [4.78, 5) is 11.6. The van der Waals surface area contributed by atoms with E-state index in [4.69, 9.17) is 0 Å². The van der Waals surface area contributed by atoms with Gasteiger partial charge in [0.2, 0.25) is 0 Å². The number of carboxylic acid groups (broad SMARTS) is 1. The van der Waals surface area contributed by atoms with Gasteiger partial charge >= 0.3 is 12.1 Å². The molecule has 0 amide bonds. The summed E-state index contributed by atoms with van der Waals surface area (Å²) in [6.07, 6.45) is -3.13. The molecular weight excluding hydrogens is 331 g/mol. The molecule has 140 valence electrons. The molecule has 1 heterocycles. The van der Waals surface area contributed by atoms with Crippen molar-refractivity contribution in [1.29, 1.82) is 0 Å². The van der Waals surface area contributed by atoms with E-state index in [-0.39, 0.29) is 12.3 Å². The summed E-state index contributed by atoms with van der Waals surface area (Å²) >= 11 is 0. The Morgan fingerprint density at radius 1 is 1.28 bits per heavy atom. The number of nitrogens with one attached hydrogen (secondary N) is 1. The molecule has 1 fully saturated rings. The fourth-order valence-corrected chi connectivity index (χ4v) is 3.60. The summed E-state index contributed by atoms with van der Waals surface area (Å²) in [6, 6.07) is 6.96. The lowest BCUT2D eigenvalue weighted by molar-refractivity contribution is -0.185. The molecule has 1 aromatic carbocycles. The Labute approximate surface area is 146 Å². The van der Waals surface area contributed by atoms with Crippen LogP contribution in [0.4, 0.5) is 13.2 Å². The summed E-state index contributed by atoms with van der Waals surface area (Å²) in [6.45, 7) is 4.65. The zero-order chi connectivity index (χ0) is 18.6. The van der Waals surface area contributed by atoms with Gasteiger partial charge in [0.05, 0.1) is 11.8 Å². The third-order valence-electron chi connectivity index (χ3n) is 5.11. The second-order valence-electron chi connectivity index (χ2n) is 7.32. The maximum absolute atomic E-state index is 13.2. The van der Waals surface area contributed by atoms with E-state index in [0.29, 0.717) is 18.5 Å². The minimum absolute atomic E-state index is 0.0692. The lowest BCUT2D eigenvalue weighted by atomic mass is 9.84. The third-order valence-corrected chi connectivity index (χ3v) is 5.11. The van der Waals surface area contributed by atoms with Crippen molar-refractivity contribution in [3.63, 3.8) is 0 Å². The van der Waals surface area contributed by atoms with Gasteiger partial charge in [-0.15, -0.1) is 0 Å². The first-order valence-electron chi connectivity index (χ1n) is 8.76. The zero-order valence-corrected chi connectivity index (χ0v) is 14.6. The number of halogens is 3. The molecule has 0 bridgehead atoms. The van der Waals surface area contributed by atoms with Crippen LogP contribution in [0.3, 0.4) is 0 Å². The summed E-state index contributed by atoms with van der Waals surface area (Å²) in [5.74, 6) is -3.17. The first-order valence-corrected chi connectivity index (χ1v) is 8.76. The molecule has 2 rings (SSSR count). The lowest BCUT2D eigenvalue weighted by Gasteiger charge is -2.24. The Bertz CT molecular complexity index is 580. The summed E-state index contributed by atoms with van der Waals surface area (Å²) in [5, 5.41) is 12.7. The molecule has 2 N–H and O–H groups in total. The van der Waals surface area contributed by atoms with E-state index in [9.17, 15) is 23.1 Å². The van der Waals surface area contributed by atoms with Crippen LogP contribution in [-0.2, 0) is 17.6 Å². The Balaban J connectivity index is 2.13. The van der Waals surface area contributed by atoms with Gasteiger partial charge in [-0.3, -0.25) is 4.79 Å². The highest BCUT2D eigenvalue weighted by molar-refractivity contribution is 5.71. The fourth-order valence-electron chi connectivity index (χ4n) is 3.60. The van der Waals surface area contributed by atoms with Crippen LogP contribution in [0.1, 0.15) is 31.4 Å². The minimum atomic E-state index is -4.23. The molecule has 6 heteroatoms. The van der Waals surface area contributed by atoms with E-state index in [1.807, 2.05) is 0 Å². The van der Waals surface area contributed by atoms with Crippen molar-refractivity contribution in [2.45, 2.75) is 39.3 Å². The highest BCUT2D eigenvalue weighted by Crippen LogP contribution is 2.35. The Morgan fingerprint density at radius 3 is 2.40 bits per heavy atom. The molecule has 1 aliphatic rings. The first kappa shape index (κ1) is 19.8. The summed E-state index contributed by atoms with van der Waals surface area (Å²) in [7, 11) is 0. The van der Waals surface area contributed by atoms with Gasteiger partial charge in [-0.1, -0.05) is 38.1 Å². The second-order valence-corrected chi connectivity index (χ2v) is 7.32. The Kier molecular flexibility index (Phi) is 6.49. The van der Waals surface area contributed by atoms with Gasteiger partial charge < -0.3 is 10.4 Å². The Hall–Kier alpha value is -1.56. The second kappa shape index (κ2) is 8.21. The molecule has 0 radical (unpaired) electrons. The van der Waals surface area contributed by atoms with Crippen LogP contribution < -0.4 is 5.32 Å². The van der Waals surface area contributed by atoms with Gasteiger partial charge in [-0.25, -0.2) is 0 Å². The van der Waals surface area contributed by atoms with Gasteiger partial charge in [0.15, 0.2) is 0 Å². The van der Waals surface area contributed by atoms with Crippen molar-refractivity contribution in [2.75, 3.05) is 13.1 Å². The monoisotopic (exact) mass is 357 g/mol.